The van der Waals surface area contributed by atoms with Crippen LogP contribution in [0.5, 0.6) is 0 Å². The highest BCUT2D eigenvalue weighted by atomic mass is 79.9. The standard InChI is InChI=1S/C5H4Br2N2S/c6-2-1-3(5(8)9)10-4(2)7/h1H,(H3,8,9). The van der Waals surface area contributed by atoms with Gasteiger partial charge < -0.3 is 5.73 Å². The second-order valence-electron chi connectivity index (χ2n) is 1.65. The molecular formula is C5H4Br2N2S. The maximum absolute atomic E-state index is 7.09. The Labute approximate surface area is 79.2 Å². The van der Waals surface area contributed by atoms with Crippen LogP contribution in [0.3, 0.4) is 0 Å². The number of amidine groups is 1. The van der Waals surface area contributed by atoms with Gasteiger partial charge in [-0.1, -0.05) is 0 Å². The molecule has 5 heteroatoms. The Hall–Kier alpha value is 0.130. The van der Waals surface area contributed by atoms with Crippen molar-refractivity contribution in [3.05, 3.63) is 19.2 Å². The van der Waals surface area contributed by atoms with Crippen molar-refractivity contribution in [3.8, 4) is 0 Å². The first kappa shape index (κ1) is 8.23. The van der Waals surface area contributed by atoms with E-state index in [9.17, 15) is 0 Å². The minimum absolute atomic E-state index is 0.108. The van der Waals surface area contributed by atoms with Crippen LogP contribution in [0.2, 0.25) is 0 Å². The van der Waals surface area contributed by atoms with Crippen molar-refractivity contribution in [3.63, 3.8) is 0 Å². The van der Waals surface area contributed by atoms with Gasteiger partial charge in [-0.05, 0) is 37.9 Å². The minimum Gasteiger partial charge on any atom is -0.383 e. The van der Waals surface area contributed by atoms with Crippen molar-refractivity contribution >= 4 is 49.0 Å². The van der Waals surface area contributed by atoms with Crippen molar-refractivity contribution in [1.82, 2.24) is 0 Å². The number of nitrogen functional groups attached to an aromatic ring is 1. The molecule has 0 bridgehead atoms. The fraction of sp³-hybridized carbons (Fsp3) is 0. The third-order valence-corrected chi connectivity index (χ3v) is 4.20. The Morgan fingerprint density at radius 2 is 2.20 bits per heavy atom. The largest absolute Gasteiger partial charge is 0.383 e. The van der Waals surface area contributed by atoms with E-state index >= 15 is 0 Å². The third kappa shape index (κ3) is 1.59. The molecule has 0 atom stereocenters. The molecule has 10 heavy (non-hydrogen) atoms. The molecule has 54 valence electrons. The van der Waals surface area contributed by atoms with E-state index < -0.39 is 0 Å². The highest BCUT2D eigenvalue weighted by Gasteiger charge is 2.04. The van der Waals surface area contributed by atoms with E-state index in [0.717, 1.165) is 13.1 Å². The summed E-state index contributed by atoms with van der Waals surface area (Å²) in [6.07, 6.45) is 0. The lowest BCUT2D eigenvalue weighted by atomic mass is 10.4. The second-order valence-corrected chi connectivity index (χ2v) is 4.87. The van der Waals surface area contributed by atoms with Crippen LogP contribution >= 0.6 is 43.2 Å². The van der Waals surface area contributed by atoms with Gasteiger partial charge >= 0.3 is 0 Å². The first-order chi connectivity index (χ1) is 4.61. The quantitative estimate of drug-likeness (QED) is 0.604. The number of hydrogen-bond acceptors (Lipinski definition) is 2. The van der Waals surface area contributed by atoms with Gasteiger partial charge in [0, 0.05) is 4.47 Å². The lowest BCUT2D eigenvalue weighted by Gasteiger charge is -1.85. The molecule has 0 spiro atoms. The molecule has 1 rings (SSSR count). The zero-order valence-corrected chi connectivity index (χ0v) is 8.81. The van der Waals surface area contributed by atoms with Gasteiger partial charge in [0.1, 0.15) is 5.84 Å². The Bertz CT molecular complexity index is 249. The average molecular weight is 284 g/mol. The van der Waals surface area contributed by atoms with E-state index in [-0.39, 0.29) is 5.84 Å². The van der Waals surface area contributed by atoms with Crippen LogP contribution in [0.4, 0.5) is 0 Å². The van der Waals surface area contributed by atoms with Gasteiger partial charge in [-0.3, -0.25) is 5.41 Å². The van der Waals surface area contributed by atoms with Gasteiger partial charge in [0.05, 0.1) is 8.66 Å². The number of rotatable bonds is 1. The van der Waals surface area contributed by atoms with Crippen LogP contribution < -0.4 is 5.73 Å². The summed E-state index contributed by atoms with van der Waals surface area (Å²) < 4.78 is 1.92. The molecule has 0 fully saturated rings. The number of thiophene rings is 1. The first-order valence-corrected chi connectivity index (χ1v) is 4.80. The van der Waals surface area contributed by atoms with Crippen molar-refractivity contribution in [2.45, 2.75) is 0 Å². The molecule has 0 amide bonds. The average Bonchev–Trinajstić information content (AvgIpc) is 2.13. The van der Waals surface area contributed by atoms with E-state index in [4.69, 9.17) is 11.1 Å². The Morgan fingerprint density at radius 1 is 1.60 bits per heavy atom. The van der Waals surface area contributed by atoms with E-state index in [2.05, 4.69) is 31.9 Å². The van der Waals surface area contributed by atoms with Gasteiger partial charge in [-0.15, -0.1) is 11.3 Å². The molecule has 1 heterocycles. The summed E-state index contributed by atoms with van der Waals surface area (Å²) >= 11 is 8.04. The second kappa shape index (κ2) is 3.02. The maximum atomic E-state index is 7.09. The molecule has 3 N–H and O–H groups in total. The fourth-order valence-electron chi connectivity index (χ4n) is 0.479. The Morgan fingerprint density at radius 3 is 2.40 bits per heavy atom. The van der Waals surface area contributed by atoms with Crippen LogP contribution in [0.15, 0.2) is 14.3 Å². The zero-order chi connectivity index (χ0) is 7.72. The highest BCUT2D eigenvalue weighted by molar-refractivity contribution is 9.13. The molecular weight excluding hydrogens is 280 g/mol. The number of nitrogens with one attached hydrogen (secondary N) is 1. The van der Waals surface area contributed by atoms with Crippen LogP contribution in [0.25, 0.3) is 0 Å². The smallest absolute Gasteiger partial charge is 0.133 e. The molecule has 0 saturated carbocycles. The first-order valence-electron chi connectivity index (χ1n) is 2.40. The lowest BCUT2D eigenvalue weighted by Crippen LogP contribution is -2.08. The summed E-state index contributed by atoms with van der Waals surface area (Å²) in [5.74, 6) is 0.108. The molecule has 2 nitrogen and oxygen atoms in total. The van der Waals surface area contributed by atoms with Gasteiger partial charge in [0.15, 0.2) is 0 Å². The monoisotopic (exact) mass is 282 g/mol. The normalized spacial score (nSPS) is 9.80. The van der Waals surface area contributed by atoms with Crippen LogP contribution in [-0.4, -0.2) is 5.84 Å². The highest BCUT2D eigenvalue weighted by Crippen LogP contribution is 2.31. The maximum Gasteiger partial charge on any atom is 0.133 e. The Kier molecular flexibility index (Phi) is 2.49. The van der Waals surface area contributed by atoms with E-state index in [1.807, 2.05) is 6.07 Å². The van der Waals surface area contributed by atoms with Crippen molar-refractivity contribution < 1.29 is 0 Å². The summed E-state index contributed by atoms with van der Waals surface area (Å²) in [6, 6.07) is 1.82. The molecule has 0 aromatic carbocycles. The number of nitrogens with two attached hydrogens (primary N) is 1. The fourth-order valence-corrected chi connectivity index (χ4v) is 2.38. The van der Waals surface area contributed by atoms with Crippen molar-refractivity contribution in [2.75, 3.05) is 0 Å². The van der Waals surface area contributed by atoms with Crippen LogP contribution in [0, 0.1) is 5.41 Å². The van der Waals surface area contributed by atoms with Gasteiger partial charge in [-0.2, -0.15) is 0 Å². The van der Waals surface area contributed by atoms with Gasteiger partial charge in [0.25, 0.3) is 0 Å². The summed E-state index contributed by atoms with van der Waals surface area (Å²) in [4.78, 5) is 0.777. The molecule has 0 aliphatic carbocycles. The number of hydrogen-bond donors (Lipinski definition) is 2. The van der Waals surface area contributed by atoms with Crippen LogP contribution in [0.1, 0.15) is 4.88 Å². The van der Waals surface area contributed by atoms with Crippen LogP contribution in [-0.2, 0) is 0 Å². The number of halogens is 2. The predicted molar refractivity (Wildman–Crippen MR) is 50.7 cm³/mol. The molecule has 0 unspecified atom stereocenters. The van der Waals surface area contributed by atoms with E-state index in [1.54, 1.807) is 0 Å². The molecule has 0 aliphatic rings. The lowest BCUT2D eigenvalue weighted by molar-refractivity contribution is 1.45. The summed E-state index contributed by atoms with van der Waals surface area (Å²) in [5, 5.41) is 7.09. The SMILES string of the molecule is N=C(N)c1cc(Br)c(Br)s1. The molecule has 1 aromatic rings. The molecule has 0 radical (unpaired) electrons. The summed E-state index contributed by atoms with van der Waals surface area (Å²) in [5.41, 5.74) is 5.25. The Balaban J connectivity index is 3.10. The predicted octanol–water partition coefficient (Wildman–Crippen LogP) is 2.56. The molecule has 1 aromatic heterocycles. The van der Waals surface area contributed by atoms with Crippen molar-refractivity contribution in [2.24, 2.45) is 5.73 Å². The van der Waals surface area contributed by atoms with Gasteiger partial charge in [-0.25, -0.2) is 0 Å². The third-order valence-electron chi connectivity index (χ3n) is 0.911. The molecule has 0 saturated heterocycles. The van der Waals surface area contributed by atoms with Gasteiger partial charge in [0.2, 0.25) is 0 Å². The summed E-state index contributed by atoms with van der Waals surface area (Å²) in [6.45, 7) is 0. The van der Waals surface area contributed by atoms with E-state index in [1.165, 1.54) is 11.3 Å². The zero-order valence-electron chi connectivity index (χ0n) is 4.82. The van der Waals surface area contributed by atoms with E-state index in [0.29, 0.717) is 0 Å². The van der Waals surface area contributed by atoms with Crippen molar-refractivity contribution in [1.29, 1.82) is 5.41 Å². The summed E-state index contributed by atoms with van der Waals surface area (Å²) in [7, 11) is 0. The minimum atomic E-state index is 0.108. The topological polar surface area (TPSA) is 49.9 Å². The molecule has 0 aliphatic heterocycles.